The van der Waals surface area contributed by atoms with Crippen LogP contribution in [0.15, 0.2) is 24.3 Å². The molecule has 3 N–H and O–H groups in total. The molecule has 0 spiro atoms. The minimum Gasteiger partial charge on any atom is -0.383 e. The topological polar surface area (TPSA) is 72.5 Å². The van der Waals surface area contributed by atoms with Gasteiger partial charge in [-0.15, -0.1) is 0 Å². The van der Waals surface area contributed by atoms with E-state index in [-0.39, 0.29) is 22.5 Å². The first-order chi connectivity index (χ1) is 9.09. The lowest BCUT2D eigenvalue weighted by molar-refractivity contribution is 0.147. The molecule has 0 bridgehead atoms. The quantitative estimate of drug-likeness (QED) is 0.748. The minimum atomic E-state index is -2.82. The third-order valence-corrected chi connectivity index (χ3v) is 2.73. The van der Waals surface area contributed by atoms with Gasteiger partial charge in [-0.05, 0) is 12.1 Å². The third kappa shape index (κ3) is 1.64. The van der Waals surface area contributed by atoms with Crippen LogP contribution < -0.4 is 5.73 Å². The summed E-state index contributed by atoms with van der Waals surface area (Å²) >= 11 is 0. The number of H-pyrrole nitrogens is 1. The molecule has 8 heteroatoms. The summed E-state index contributed by atoms with van der Waals surface area (Å²) in [5, 5.41) is 9.90. The molecule has 0 atom stereocenters. The molecule has 98 valence electrons. The second kappa shape index (κ2) is 4.01. The fourth-order valence-corrected chi connectivity index (χ4v) is 1.90. The van der Waals surface area contributed by atoms with Gasteiger partial charge in [0.05, 0.1) is 5.39 Å². The van der Waals surface area contributed by atoms with E-state index >= 15 is 0 Å². The van der Waals surface area contributed by atoms with Crippen molar-refractivity contribution in [2.45, 2.75) is 6.43 Å². The van der Waals surface area contributed by atoms with Gasteiger partial charge < -0.3 is 5.73 Å². The Bertz CT molecular complexity index is 746. The van der Waals surface area contributed by atoms with Gasteiger partial charge in [0.25, 0.3) is 6.43 Å². The van der Waals surface area contributed by atoms with Crippen molar-refractivity contribution >= 4 is 16.9 Å². The molecule has 5 nitrogen and oxygen atoms in total. The highest BCUT2D eigenvalue weighted by Gasteiger charge is 2.24. The van der Waals surface area contributed by atoms with Gasteiger partial charge in [-0.2, -0.15) is 10.2 Å². The van der Waals surface area contributed by atoms with Crippen LogP contribution >= 0.6 is 0 Å². The molecule has 0 aliphatic heterocycles. The second-order valence-electron chi connectivity index (χ2n) is 3.89. The summed E-state index contributed by atoms with van der Waals surface area (Å²) in [5.41, 5.74) is 5.12. The van der Waals surface area contributed by atoms with Crippen LogP contribution in [0.25, 0.3) is 16.7 Å². The number of nitrogens with zero attached hydrogens (tertiary/aromatic N) is 3. The molecule has 0 aliphatic rings. The first-order valence-electron chi connectivity index (χ1n) is 5.35. The lowest BCUT2D eigenvalue weighted by Gasteiger charge is -2.02. The Morgan fingerprint density at radius 3 is 2.68 bits per heavy atom. The van der Waals surface area contributed by atoms with Gasteiger partial charge in [0.1, 0.15) is 23.0 Å². The number of fused-ring (bicyclic) bond motifs is 1. The Kier molecular flexibility index (Phi) is 2.44. The third-order valence-electron chi connectivity index (χ3n) is 2.73. The van der Waals surface area contributed by atoms with E-state index in [1.165, 1.54) is 18.2 Å². The average Bonchev–Trinajstić information content (AvgIpc) is 2.92. The maximum atomic E-state index is 13.7. The number of aromatic nitrogens is 4. The van der Waals surface area contributed by atoms with E-state index in [4.69, 9.17) is 5.73 Å². The zero-order chi connectivity index (χ0) is 13.6. The van der Waals surface area contributed by atoms with Gasteiger partial charge in [0.2, 0.25) is 0 Å². The van der Waals surface area contributed by atoms with E-state index in [1.54, 1.807) is 6.07 Å². The van der Waals surface area contributed by atoms with Gasteiger partial charge >= 0.3 is 0 Å². The van der Waals surface area contributed by atoms with E-state index < -0.39 is 17.9 Å². The molecule has 0 fully saturated rings. The Labute approximate surface area is 104 Å². The van der Waals surface area contributed by atoms with Crippen LogP contribution in [0, 0.1) is 5.82 Å². The van der Waals surface area contributed by atoms with Gasteiger partial charge in [0.15, 0.2) is 5.65 Å². The largest absolute Gasteiger partial charge is 0.383 e. The summed E-state index contributed by atoms with van der Waals surface area (Å²) in [7, 11) is 0. The van der Waals surface area contributed by atoms with E-state index in [2.05, 4.69) is 15.3 Å². The van der Waals surface area contributed by atoms with Crippen LogP contribution in [-0.2, 0) is 0 Å². The van der Waals surface area contributed by atoms with Crippen LogP contribution in [0.3, 0.4) is 0 Å². The highest BCUT2D eigenvalue weighted by molar-refractivity contribution is 5.90. The Morgan fingerprint density at radius 1 is 1.26 bits per heavy atom. The lowest BCUT2D eigenvalue weighted by atomic mass is 10.3. The maximum absolute atomic E-state index is 13.7. The fraction of sp³-hybridized carbons (Fsp3) is 0.0909. The van der Waals surface area contributed by atoms with Crippen LogP contribution in [0.2, 0.25) is 0 Å². The number of benzene rings is 1. The molecule has 3 rings (SSSR count). The molecule has 0 amide bonds. The summed E-state index contributed by atoms with van der Waals surface area (Å²) in [6.45, 7) is 0. The molecule has 19 heavy (non-hydrogen) atoms. The number of anilines is 1. The molecule has 2 aromatic heterocycles. The molecule has 2 heterocycles. The van der Waals surface area contributed by atoms with Crippen molar-refractivity contribution in [3.63, 3.8) is 0 Å². The Balaban J connectivity index is 2.34. The predicted octanol–water partition coefficient (Wildman–Crippen LogP) is 2.41. The van der Waals surface area contributed by atoms with Gasteiger partial charge in [-0.3, -0.25) is 5.10 Å². The molecule has 0 saturated carbocycles. The molecular weight excluding hydrogens is 259 g/mol. The summed E-state index contributed by atoms with van der Waals surface area (Å²) in [6, 6.07) is 5.69. The van der Waals surface area contributed by atoms with Gasteiger partial charge in [-0.25, -0.2) is 17.9 Å². The van der Waals surface area contributed by atoms with Crippen molar-refractivity contribution in [3.05, 3.63) is 35.8 Å². The highest BCUT2D eigenvalue weighted by Crippen LogP contribution is 2.31. The number of aromatic amines is 1. The SMILES string of the molecule is Nc1[nH]nc2c1c(C(F)F)nn2-c1ccccc1F. The summed E-state index contributed by atoms with van der Waals surface area (Å²) in [6.07, 6.45) is -2.82. The van der Waals surface area contributed by atoms with Crippen LogP contribution in [0.5, 0.6) is 0 Å². The van der Waals surface area contributed by atoms with Gasteiger partial charge in [-0.1, -0.05) is 12.1 Å². The van der Waals surface area contributed by atoms with Crippen molar-refractivity contribution in [3.8, 4) is 5.69 Å². The van der Waals surface area contributed by atoms with Crippen molar-refractivity contribution in [1.82, 2.24) is 20.0 Å². The number of hydrogen-bond acceptors (Lipinski definition) is 3. The predicted molar refractivity (Wildman–Crippen MR) is 62.5 cm³/mol. The molecular formula is C11H8F3N5. The number of nitrogens with two attached hydrogens (primary N) is 1. The number of nitrogen functional groups attached to an aromatic ring is 1. The number of hydrogen-bond donors (Lipinski definition) is 2. The number of nitrogens with one attached hydrogen (secondary N) is 1. The van der Waals surface area contributed by atoms with E-state index in [9.17, 15) is 13.2 Å². The zero-order valence-corrected chi connectivity index (χ0v) is 9.44. The minimum absolute atomic E-state index is 0.0123. The normalized spacial score (nSPS) is 11.6. The maximum Gasteiger partial charge on any atom is 0.282 e. The second-order valence-corrected chi connectivity index (χ2v) is 3.89. The first kappa shape index (κ1) is 11.6. The van der Waals surface area contributed by atoms with Crippen molar-refractivity contribution in [1.29, 1.82) is 0 Å². The fourth-order valence-electron chi connectivity index (χ4n) is 1.90. The molecule has 0 radical (unpaired) electrons. The zero-order valence-electron chi connectivity index (χ0n) is 9.44. The Hall–Kier alpha value is -2.51. The smallest absolute Gasteiger partial charge is 0.282 e. The van der Waals surface area contributed by atoms with Crippen LogP contribution in [0.1, 0.15) is 12.1 Å². The van der Waals surface area contributed by atoms with E-state index in [0.29, 0.717) is 0 Å². The highest BCUT2D eigenvalue weighted by atomic mass is 19.3. The van der Waals surface area contributed by atoms with Crippen molar-refractivity contribution in [2.75, 3.05) is 5.73 Å². The monoisotopic (exact) mass is 267 g/mol. The average molecular weight is 267 g/mol. The van der Waals surface area contributed by atoms with E-state index in [0.717, 1.165) is 4.68 Å². The lowest BCUT2D eigenvalue weighted by Crippen LogP contribution is -2.01. The summed E-state index contributed by atoms with van der Waals surface area (Å²) in [5.74, 6) is -0.609. The molecule has 0 unspecified atom stereocenters. The molecule has 0 saturated heterocycles. The van der Waals surface area contributed by atoms with Crippen molar-refractivity contribution in [2.24, 2.45) is 0 Å². The van der Waals surface area contributed by atoms with Gasteiger partial charge in [0, 0.05) is 0 Å². The standard InChI is InChI=1S/C11H8F3N5/c12-5-3-1-2-4-6(5)19-11-7(10(15)16-17-11)8(18-19)9(13)14/h1-4,9H,(H3,15,16,17). The van der Waals surface area contributed by atoms with Crippen LogP contribution in [-0.4, -0.2) is 20.0 Å². The van der Waals surface area contributed by atoms with Crippen molar-refractivity contribution < 1.29 is 13.2 Å². The van der Waals surface area contributed by atoms with E-state index in [1.807, 2.05) is 0 Å². The summed E-state index contributed by atoms with van der Waals surface area (Å²) in [4.78, 5) is 0. The number of rotatable bonds is 2. The summed E-state index contributed by atoms with van der Waals surface area (Å²) < 4.78 is 40.6. The number of para-hydroxylation sites is 1. The molecule has 0 aliphatic carbocycles. The first-order valence-corrected chi connectivity index (χ1v) is 5.35. The number of halogens is 3. The molecule has 3 aromatic rings. The molecule has 1 aromatic carbocycles. The van der Waals surface area contributed by atoms with Crippen LogP contribution in [0.4, 0.5) is 19.0 Å². The number of alkyl halides is 2. The Morgan fingerprint density at radius 2 is 2.00 bits per heavy atom.